The second-order valence-corrected chi connectivity index (χ2v) is 9.41. The minimum Gasteiger partial charge on any atom is -0.368 e. The van der Waals surface area contributed by atoms with Crippen molar-refractivity contribution < 1.29 is 18.0 Å². The van der Waals surface area contributed by atoms with Gasteiger partial charge < -0.3 is 15.1 Å². The van der Waals surface area contributed by atoms with E-state index < -0.39 is 17.7 Å². The highest BCUT2D eigenvalue weighted by molar-refractivity contribution is 6.30. The summed E-state index contributed by atoms with van der Waals surface area (Å²) in [5.41, 5.74) is 1.68. The third-order valence-corrected chi connectivity index (χ3v) is 6.47. The van der Waals surface area contributed by atoms with Crippen LogP contribution in [0, 0.1) is 11.8 Å². The fourth-order valence-corrected chi connectivity index (χ4v) is 4.83. The van der Waals surface area contributed by atoms with Gasteiger partial charge in [-0.3, -0.25) is 4.79 Å². The van der Waals surface area contributed by atoms with Gasteiger partial charge in [-0.05, 0) is 54.3 Å². The van der Waals surface area contributed by atoms with Gasteiger partial charge in [-0.1, -0.05) is 31.5 Å². The summed E-state index contributed by atoms with van der Waals surface area (Å²) in [6.45, 7) is 6.47. The molecule has 4 nitrogen and oxygen atoms in total. The molecule has 2 heterocycles. The number of rotatable bonds is 4. The first kappa shape index (κ1) is 22.8. The number of alkyl halides is 3. The van der Waals surface area contributed by atoms with Crippen molar-refractivity contribution in [1.82, 2.24) is 5.32 Å². The standard InChI is InChI=1S/C24H27ClF3N3O/c1-15(2)13-29-23(32)20-11-16-10-17(24(26,27)28)6-7-21(16)31-9-8-30(14-22(20)31)19-5-3-4-18(25)12-19/h3-7,10,12,15,20,22H,8-9,11,13-14H2,1-2H3,(H,29,32)/t20-,22+/m1/s1. The highest BCUT2D eigenvalue weighted by Gasteiger charge is 2.42. The Morgan fingerprint density at radius 2 is 1.97 bits per heavy atom. The molecule has 0 aliphatic carbocycles. The van der Waals surface area contributed by atoms with Crippen LogP contribution < -0.4 is 15.1 Å². The molecule has 0 aromatic heterocycles. The van der Waals surface area contributed by atoms with Gasteiger partial charge in [0.25, 0.3) is 0 Å². The Morgan fingerprint density at radius 3 is 2.66 bits per heavy atom. The van der Waals surface area contributed by atoms with Gasteiger partial charge in [-0.2, -0.15) is 13.2 Å². The molecule has 0 spiro atoms. The van der Waals surface area contributed by atoms with Gasteiger partial charge in [0.15, 0.2) is 0 Å². The number of benzene rings is 2. The number of anilines is 2. The predicted molar refractivity (Wildman–Crippen MR) is 121 cm³/mol. The smallest absolute Gasteiger partial charge is 0.368 e. The minimum atomic E-state index is -4.41. The molecular formula is C24H27ClF3N3O. The molecule has 4 rings (SSSR count). The maximum Gasteiger partial charge on any atom is 0.416 e. The lowest BCUT2D eigenvalue weighted by atomic mass is 9.82. The number of hydrogen-bond donors (Lipinski definition) is 1. The van der Waals surface area contributed by atoms with E-state index in [9.17, 15) is 18.0 Å². The van der Waals surface area contributed by atoms with Crippen molar-refractivity contribution in [1.29, 1.82) is 0 Å². The summed E-state index contributed by atoms with van der Waals surface area (Å²) in [5, 5.41) is 3.64. The second-order valence-electron chi connectivity index (χ2n) is 8.98. The Hall–Kier alpha value is -2.41. The molecule has 1 amide bonds. The van der Waals surface area contributed by atoms with E-state index in [0.717, 1.165) is 17.4 Å². The predicted octanol–water partition coefficient (Wildman–Crippen LogP) is 5.00. The number of nitrogens with one attached hydrogen (secondary N) is 1. The summed E-state index contributed by atoms with van der Waals surface area (Å²) in [7, 11) is 0. The fourth-order valence-electron chi connectivity index (χ4n) is 4.64. The normalized spacial score (nSPS) is 20.7. The number of halogens is 4. The van der Waals surface area contributed by atoms with Crippen molar-refractivity contribution in [2.24, 2.45) is 11.8 Å². The minimum absolute atomic E-state index is 0.107. The number of piperazine rings is 1. The number of hydrogen-bond acceptors (Lipinski definition) is 3. The van der Waals surface area contributed by atoms with Crippen LogP contribution in [0.2, 0.25) is 5.02 Å². The maximum absolute atomic E-state index is 13.3. The molecule has 0 saturated carbocycles. The zero-order valence-electron chi connectivity index (χ0n) is 18.1. The summed E-state index contributed by atoms with van der Waals surface area (Å²) in [6.07, 6.45) is -4.12. The molecule has 0 radical (unpaired) electrons. The quantitative estimate of drug-likeness (QED) is 0.690. The largest absolute Gasteiger partial charge is 0.416 e. The third-order valence-electron chi connectivity index (χ3n) is 6.23. The lowest BCUT2D eigenvalue weighted by Crippen LogP contribution is -2.61. The van der Waals surface area contributed by atoms with Gasteiger partial charge >= 0.3 is 6.18 Å². The van der Waals surface area contributed by atoms with Crippen LogP contribution in [0.25, 0.3) is 0 Å². The van der Waals surface area contributed by atoms with Crippen molar-refractivity contribution in [3.63, 3.8) is 0 Å². The molecule has 2 aromatic rings. The van der Waals surface area contributed by atoms with E-state index in [4.69, 9.17) is 11.6 Å². The van der Waals surface area contributed by atoms with E-state index >= 15 is 0 Å². The molecule has 2 atom stereocenters. The number of amides is 1. The van der Waals surface area contributed by atoms with Crippen molar-refractivity contribution in [2.45, 2.75) is 32.5 Å². The van der Waals surface area contributed by atoms with Gasteiger partial charge in [0.2, 0.25) is 5.91 Å². The van der Waals surface area contributed by atoms with Gasteiger partial charge in [0, 0.05) is 42.6 Å². The third kappa shape index (κ3) is 4.68. The number of carbonyl (C=O) groups excluding carboxylic acids is 1. The molecule has 2 aliphatic rings. The lowest BCUT2D eigenvalue weighted by molar-refractivity contribution is -0.137. The Balaban J connectivity index is 1.67. The number of nitrogens with zero attached hydrogens (tertiary/aromatic N) is 2. The first-order valence-electron chi connectivity index (χ1n) is 10.9. The van der Waals surface area contributed by atoms with Gasteiger partial charge in [0.05, 0.1) is 17.5 Å². The first-order valence-corrected chi connectivity index (χ1v) is 11.3. The van der Waals surface area contributed by atoms with Gasteiger partial charge in [-0.25, -0.2) is 0 Å². The second kappa shape index (κ2) is 8.85. The summed E-state index contributed by atoms with van der Waals surface area (Å²) in [6, 6.07) is 11.4. The van der Waals surface area contributed by atoms with Crippen LogP contribution in [-0.2, 0) is 17.4 Å². The molecule has 32 heavy (non-hydrogen) atoms. The number of fused-ring (bicyclic) bond motifs is 3. The zero-order valence-corrected chi connectivity index (χ0v) is 18.9. The molecule has 0 unspecified atom stereocenters. The molecular weight excluding hydrogens is 439 g/mol. The van der Waals surface area contributed by atoms with Crippen LogP contribution in [0.4, 0.5) is 24.5 Å². The van der Waals surface area contributed by atoms with Crippen LogP contribution >= 0.6 is 11.6 Å². The maximum atomic E-state index is 13.3. The Kier molecular flexibility index (Phi) is 6.30. The first-order chi connectivity index (χ1) is 15.1. The van der Waals surface area contributed by atoms with E-state index in [-0.39, 0.29) is 24.3 Å². The fraction of sp³-hybridized carbons (Fsp3) is 0.458. The van der Waals surface area contributed by atoms with Crippen molar-refractivity contribution >= 4 is 28.9 Å². The van der Waals surface area contributed by atoms with Crippen LogP contribution in [0.15, 0.2) is 42.5 Å². The zero-order chi connectivity index (χ0) is 23.0. The van der Waals surface area contributed by atoms with Gasteiger partial charge in [0.1, 0.15) is 0 Å². The van der Waals surface area contributed by atoms with Crippen LogP contribution in [0.5, 0.6) is 0 Å². The van der Waals surface area contributed by atoms with E-state index in [0.29, 0.717) is 36.8 Å². The molecule has 1 fully saturated rings. The monoisotopic (exact) mass is 465 g/mol. The van der Waals surface area contributed by atoms with Crippen molar-refractivity contribution in [3.05, 3.63) is 58.6 Å². The van der Waals surface area contributed by atoms with E-state index in [1.165, 1.54) is 6.07 Å². The topological polar surface area (TPSA) is 35.6 Å². The molecule has 172 valence electrons. The summed E-state index contributed by atoms with van der Waals surface area (Å²) in [5.74, 6) is -0.256. The van der Waals surface area contributed by atoms with Gasteiger partial charge in [-0.15, -0.1) is 0 Å². The SMILES string of the molecule is CC(C)CNC(=O)[C@@H]1Cc2cc(C(F)(F)F)ccc2N2CCN(c3cccc(Cl)c3)C[C@@H]12. The summed E-state index contributed by atoms with van der Waals surface area (Å²) >= 11 is 6.18. The van der Waals surface area contributed by atoms with Crippen LogP contribution in [-0.4, -0.2) is 38.1 Å². The molecule has 2 aliphatic heterocycles. The van der Waals surface area contributed by atoms with Crippen molar-refractivity contribution in [3.8, 4) is 0 Å². The molecule has 1 saturated heterocycles. The van der Waals surface area contributed by atoms with E-state index in [1.807, 2.05) is 38.1 Å². The molecule has 1 N–H and O–H groups in total. The summed E-state index contributed by atoms with van der Waals surface area (Å²) < 4.78 is 40.0. The summed E-state index contributed by atoms with van der Waals surface area (Å²) in [4.78, 5) is 17.5. The highest BCUT2D eigenvalue weighted by Crippen LogP contribution is 2.40. The Morgan fingerprint density at radius 1 is 1.19 bits per heavy atom. The highest BCUT2D eigenvalue weighted by atomic mass is 35.5. The number of carbonyl (C=O) groups is 1. The van der Waals surface area contributed by atoms with Crippen LogP contribution in [0.3, 0.4) is 0 Å². The van der Waals surface area contributed by atoms with Crippen LogP contribution in [0.1, 0.15) is 25.0 Å². The molecule has 2 aromatic carbocycles. The van der Waals surface area contributed by atoms with E-state index in [1.54, 1.807) is 6.07 Å². The average Bonchev–Trinajstić information content (AvgIpc) is 2.75. The molecule has 0 bridgehead atoms. The Bertz CT molecular complexity index is 995. The molecule has 8 heteroatoms. The van der Waals surface area contributed by atoms with E-state index in [2.05, 4.69) is 15.1 Å². The Labute approximate surface area is 191 Å². The van der Waals surface area contributed by atoms with Crippen molar-refractivity contribution in [2.75, 3.05) is 36.0 Å². The average molecular weight is 466 g/mol. The lowest BCUT2D eigenvalue weighted by Gasteiger charge is -2.49.